The molecule has 0 saturated heterocycles. The van der Waals surface area contributed by atoms with Gasteiger partial charge in [0.25, 0.3) is 11.1 Å². The van der Waals surface area contributed by atoms with Gasteiger partial charge in [-0.15, -0.1) is 5.10 Å². The van der Waals surface area contributed by atoms with Gasteiger partial charge in [-0.2, -0.15) is 0 Å². The van der Waals surface area contributed by atoms with E-state index in [0.29, 0.717) is 15.9 Å². The second-order valence-electron chi connectivity index (χ2n) is 5.68. The predicted molar refractivity (Wildman–Crippen MR) is 101 cm³/mol. The van der Waals surface area contributed by atoms with Crippen molar-refractivity contribution >= 4 is 33.3 Å². The van der Waals surface area contributed by atoms with E-state index in [1.165, 1.54) is 7.11 Å². The minimum atomic E-state index is -0.291. The number of aryl methyl sites for hydroxylation is 1. The first-order valence-electron chi connectivity index (χ1n) is 7.87. The zero-order valence-corrected chi connectivity index (χ0v) is 14.9. The van der Waals surface area contributed by atoms with Gasteiger partial charge < -0.3 is 9.72 Å². The van der Waals surface area contributed by atoms with Crippen molar-refractivity contribution in [2.75, 3.05) is 12.4 Å². The number of benzene rings is 1. The normalized spacial score (nSPS) is 10.8. The highest BCUT2D eigenvalue weighted by Gasteiger charge is 2.16. The van der Waals surface area contributed by atoms with Crippen molar-refractivity contribution in [1.82, 2.24) is 20.2 Å². The molecule has 2 N–H and O–H groups in total. The number of aromatic amines is 1. The van der Waals surface area contributed by atoms with Gasteiger partial charge in [-0.05, 0) is 59.0 Å². The summed E-state index contributed by atoms with van der Waals surface area (Å²) < 4.78 is 5.00. The lowest BCUT2D eigenvalue weighted by molar-refractivity contribution is 0.102. The minimum Gasteiger partial charge on any atom is -0.472 e. The number of anilines is 1. The standard InChI is InChI=1S/C18H15N5O2S/c1-10-7-13(11-3-4-15-12(8-11)5-6-19-15)14(9-20-10)16(24)21-17-22-23-18(25-2)26-17/h3-9,19H,1-2H3,(H,21,22,24). The number of rotatable bonds is 4. The number of hydrogen-bond acceptors (Lipinski definition) is 6. The quantitative estimate of drug-likeness (QED) is 0.576. The monoisotopic (exact) mass is 365 g/mol. The molecule has 0 unspecified atom stereocenters. The maximum Gasteiger partial charge on any atom is 0.295 e. The lowest BCUT2D eigenvalue weighted by atomic mass is 9.99. The maximum atomic E-state index is 12.8. The Morgan fingerprint density at radius 2 is 2.12 bits per heavy atom. The number of ether oxygens (including phenoxy) is 1. The van der Waals surface area contributed by atoms with Gasteiger partial charge in [-0.25, -0.2) is 0 Å². The van der Waals surface area contributed by atoms with Crippen LogP contribution in [0.2, 0.25) is 0 Å². The van der Waals surface area contributed by atoms with Gasteiger partial charge in [-0.3, -0.25) is 15.1 Å². The van der Waals surface area contributed by atoms with E-state index in [1.54, 1.807) is 6.20 Å². The van der Waals surface area contributed by atoms with Crippen LogP contribution in [0.15, 0.2) is 42.7 Å². The largest absolute Gasteiger partial charge is 0.472 e. The van der Waals surface area contributed by atoms with Crippen LogP contribution >= 0.6 is 11.3 Å². The molecule has 0 aliphatic carbocycles. The summed E-state index contributed by atoms with van der Waals surface area (Å²) >= 11 is 1.16. The van der Waals surface area contributed by atoms with Crippen molar-refractivity contribution < 1.29 is 9.53 Å². The van der Waals surface area contributed by atoms with E-state index in [4.69, 9.17) is 4.74 Å². The molecule has 0 aliphatic heterocycles. The van der Waals surface area contributed by atoms with Crippen LogP contribution in [0.4, 0.5) is 5.13 Å². The molecular formula is C18H15N5O2S. The molecule has 130 valence electrons. The Balaban J connectivity index is 1.72. The first-order chi connectivity index (χ1) is 12.6. The number of hydrogen-bond donors (Lipinski definition) is 2. The number of carbonyl (C=O) groups excluding carboxylic acids is 1. The molecule has 1 amide bonds. The van der Waals surface area contributed by atoms with E-state index in [0.717, 1.165) is 39.1 Å². The summed E-state index contributed by atoms with van der Waals surface area (Å²) in [4.78, 5) is 20.2. The first kappa shape index (κ1) is 16.2. The predicted octanol–water partition coefficient (Wildman–Crippen LogP) is 3.65. The average Bonchev–Trinajstić information content (AvgIpc) is 3.29. The molecule has 0 aliphatic rings. The lowest BCUT2D eigenvalue weighted by Gasteiger charge is -2.10. The van der Waals surface area contributed by atoms with Crippen LogP contribution in [0.1, 0.15) is 16.1 Å². The van der Waals surface area contributed by atoms with Crippen molar-refractivity contribution in [2.24, 2.45) is 0 Å². The number of fused-ring (bicyclic) bond motifs is 1. The highest BCUT2D eigenvalue weighted by atomic mass is 32.1. The fraction of sp³-hybridized carbons (Fsp3) is 0.111. The molecule has 1 aromatic carbocycles. The van der Waals surface area contributed by atoms with Crippen LogP contribution in [0.5, 0.6) is 5.19 Å². The van der Waals surface area contributed by atoms with Crippen molar-refractivity contribution in [3.8, 4) is 16.3 Å². The fourth-order valence-corrected chi connectivity index (χ4v) is 3.26. The summed E-state index contributed by atoms with van der Waals surface area (Å²) in [5, 5.41) is 12.3. The van der Waals surface area contributed by atoms with Gasteiger partial charge in [0.1, 0.15) is 0 Å². The van der Waals surface area contributed by atoms with E-state index in [-0.39, 0.29) is 5.91 Å². The first-order valence-corrected chi connectivity index (χ1v) is 8.69. The van der Waals surface area contributed by atoms with Crippen LogP contribution in [0.25, 0.3) is 22.0 Å². The van der Waals surface area contributed by atoms with Crippen LogP contribution in [0, 0.1) is 6.92 Å². The third-order valence-electron chi connectivity index (χ3n) is 3.95. The summed E-state index contributed by atoms with van der Waals surface area (Å²) in [6.07, 6.45) is 3.47. The molecule has 26 heavy (non-hydrogen) atoms. The Bertz CT molecular complexity index is 1100. The third-order valence-corrected chi connectivity index (χ3v) is 4.75. The molecule has 0 atom stereocenters. The van der Waals surface area contributed by atoms with Gasteiger partial charge in [0.15, 0.2) is 0 Å². The zero-order valence-electron chi connectivity index (χ0n) is 14.1. The number of methoxy groups -OCH3 is 1. The Morgan fingerprint density at radius 1 is 1.23 bits per heavy atom. The highest BCUT2D eigenvalue weighted by Crippen LogP contribution is 2.29. The molecule has 3 heterocycles. The van der Waals surface area contributed by atoms with E-state index >= 15 is 0 Å². The van der Waals surface area contributed by atoms with Crippen LogP contribution in [-0.4, -0.2) is 33.2 Å². The van der Waals surface area contributed by atoms with Crippen LogP contribution in [-0.2, 0) is 0 Å². The fourth-order valence-electron chi connectivity index (χ4n) is 2.71. The second-order valence-corrected chi connectivity index (χ2v) is 6.62. The topological polar surface area (TPSA) is 92.8 Å². The van der Waals surface area contributed by atoms with Gasteiger partial charge in [0.05, 0.1) is 12.7 Å². The number of carbonyl (C=O) groups is 1. The second kappa shape index (κ2) is 6.57. The lowest BCUT2D eigenvalue weighted by Crippen LogP contribution is -2.13. The highest BCUT2D eigenvalue weighted by molar-refractivity contribution is 7.17. The summed E-state index contributed by atoms with van der Waals surface area (Å²) in [6.45, 7) is 1.90. The van der Waals surface area contributed by atoms with E-state index in [1.807, 2.05) is 43.5 Å². The van der Waals surface area contributed by atoms with Crippen LogP contribution < -0.4 is 10.1 Å². The smallest absolute Gasteiger partial charge is 0.295 e. The molecule has 7 nitrogen and oxygen atoms in total. The molecular weight excluding hydrogens is 350 g/mol. The number of nitrogens with one attached hydrogen (secondary N) is 2. The zero-order chi connectivity index (χ0) is 18.1. The summed E-state index contributed by atoms with van der Waals surface area (Å²) in [5.74, 6) is -0.291. The molecule has 8 heteroatoms. The van der Waals surface area contributed by atoms with Gasteiger partial charge in [0.2, 0.25) is 5.13 Å². The molecule has 4 rings (SSSR count). The third kappa shape index (κ3) is 3.02. The molecule has 0 spiro atoms. The van der Waals surface area contributed by atoms with E-state index < -0.39 is 0 Å². The Labute approximate surface area is 153 Å². The number of amides is 1. The molecule has 0 radical (unpaired) electrons. The molecule has 3 aromatic heterocycles. The SMILES string of the molecule is COc1nnc(NC(=O)c2cnc(C)cc2-c2ccc3[nH]ccc3c2)s1. The molecule has 0 bridgehead atoms. The van der Waals surface area contributed by atoms with Crippen molar-refractivity contribution in [2.45, 2.75) is 6.92 Å². The Morgan fingerprint density at radius 3 is 2.92 bits per heavy atom. The summed E-state index contributed by atoms with van der Waals surface area (Å²) in [7, 11) is 1.51. The number of H-pyrrole nitrogens is 1. The van der Waals surface area contributed by atoms with Gasteiger partial charge in [-0.1, -0.05) is 11.2 Å². The van der Waals surface area contributed by atoms with E-state index in [9.17, 15) is 4.79 Å². The Kier molecular flexibility index (Phi) is 4.10. The van der Waals surface area contributed by atoms with Crippen molar-refractivity contribution in [3.63, 3.8) is 0 Å². The summed E-state index contributed by atoms with van der Waals surface area (Å²) in [6, 6.07) is 9.94. The minimum absolute atomic E-state index is 0.291. The maximum absolute atomic E-state index is 12.8. The van der Waals surface area contributed by atoms with Gasteiger partial charge in [0, 0.05) is 23.6 Å². The van der Waals surface area contributed by atoms with Crippen molar-refractivity contribution in [1.29, 1.82) is 0 Å². The number of aromatic nitrogens is 4. The molecule has 4 aromatic rings. The average molecular weight is 365 g/mol. The van der Waals surface area contributed by atoms with E-state index in [2.05, 4.69) is 25.5 Å². The molecule has 0 fully saturated rings. The number of nitrogens with zero attached hydrogens (tertiary/aromatic N) is 3. The van der Waals surface area contributed by atoms with Crippen molar-refractivity contribution in [3.05, 3.63) is 54.0 Å². The molecule has 0 saturated carbocycles. The van der Waals surface area contributed by atoms with Gasteiger partial charge >= 0.3 is 0 Å². The van der Waals surface area contributed by atoms with Crippen LogP contribution in [0.3, 0.4) is 0 Å². The summed E-state index contributed by atoms with van der Waals surface area (Å²) in [5.41, 5.74) is 4.12. The Hall–Kier alpha value is -3.26. The number of pyridine rings is 1.